The molecule has 61 heavy (non-hydrogen) atoms. The van der Waals surface area contributed by atoms with Crippen LogP contribution in [0, 0.1) is 0 Å². The van der Waals surface area contributed by atoms with E-state index in [1.165, 1.54) is 161 Å². The number of unbranched alkanes of at least 4 members (excludes halogenated alkanes) is 32. The lowest BCUT2D eigenvalue weighted by atomic mass is 10.0. The lowest BCUT2D eigenvalue weighted by Gasteiger charge is -2.22. The second-order valence-electron chi connectivity index (χ2n) is 18.2. The fourth-order valence-electron chi connectivity index (χ4n) is 8.02. The summed E-state index contributed by atoms with van der Waals surface area (Å²) in [6.07, 6.45) is 61.2. The highest BCUT2D eigenvalue weighted by atomic mass is 16.5. The van der Waals surface area contributed by atoms with Crippen LogP contribution in [0.15, 0.2) is 36.5 Å². The molecule has 2 unspecified atom stereocenters. The maximum Gasteiger partial charge on any atom is 0.305 e. The molecule has 0 radical (unpaired) electrons. The van der Waals surface area contributed by atoms with Gasteiger partial charge in [0.25, 0.3) is 0 Å². The summed E-state index contributed by atoms with van der Waals surface area (Å²) in [4.78, 5) is 24.4. The van der Waals surface area contributed by atoms with Crippen LogP contribution in [0.1, 0.15) is 277 Å². The monoisotopic (exact) mass is 858 g/mol. The normalized spacial score (nSPS) is 12.9. The third-order valence-electron chi connectivity index (χ3n) is 12.2. The van der Waals surface area contributed by atoms with E-state index in [4.69, 9.17) is 4.74 Å². The molecule has 0 saturated heterocycles. The van der Waals surface area contributed by atoms with Crippen LogP contribution < -0.4 is 5.32 Å². The maximum absolute atomic E-state index is 12.4. The molecule has 0 rings (SSSR count). The van der Waals surface area contributed by atoms with Crippen molar-refractivity contribution < 1.29 is 24.5 Å². The highest BCUT2D eigenvalue weighted by molar-refractivity contribution is 5.76. The highest BCUT2D eigenvalue weighted by Crippen LogP contribution is 2.15. The molecule has 1 amide bonds. The molecule has 358 valence electrons. The average molecular weight is 858 g/mol. The van der Waals surface area contributed by atoms with E-state index in [-0.39, 0.29) is 18.5 Å². The molecule has 0 aromatic heterocycles. The third-order valence-corrected chi connectivity index (χ3v) is 12.2. The lowest BCUT2D eigenvalue weighted by molar-refractivity contribution is -0.143. The van der Waals surface area contributed by atoms with E-state index in [9.17, 15) is 19.8 Å². The van der Waals surface area contributed by atoms with E-state index < -0.39 is 12.1 Å². The van der Waals surface area contributed by atoms with Gasteiger partial charge in [-0.3, -0.25) is 9.59 Å². The zero-order valence-electron chi connectivity index (χ0n) is 40.6. The summed E-state index contributed by atoms with van der Waals surface area (Å²) in [5, 5.41) is 23.1. The highest BCUT2D eigenvalue weighted by Gasteiger charge is 2.20. The molecule has 0 aliphatic carbocycles. The number of allylic oxidation sites excluding steroid dienone is 6. The van der Waals surface area contributed by atoms with Gasteiger partial charge in [0.05, 0.1) is 25.4 Å². The molecule has 6 heteroatoms. The summed E-state index contributed by atoms with van der Waals surface area (Å²) >= 11 is 0. The average Bonchev–Trinajstić information content (AvgIpc) is 3.26. The fraction of sp³-hybridized carbons (Fsp3) is 0.855. The quantitative estimate of drug-likeness (QED) is 0.0322. The SMILES string of the molecule is CCCCCCCCC/C=C\CCCCCCCC(=O)OCCCCC/C=C\C/C=C\CCCCCCCCCC(=O)NC(CO)C(O)CCCCCCCCCCCCC. The lowest BCUT2D eigenvalue weighted by Crippen LogP contribution is -2.45. The Labute approximate surface area is 379 Å². The molecule has 0 aliphatic heterocycles. The van der Waals surface area contributed by atoms with Crippen LogP contribution in [0.3, 0.4) is 0 Å². The molecule has 0 bridgehead atoms. The first-order valence-electron chi connectivity index (χ1n) is 26.7. The fourth-order valence-corrected chi connectivity index (χ4v) is 8.02. The number of amides is 1. The Balaban J connectivity index is 3.49. The van der Waals surface area contributed by atoms with Gasteiger partial charge in [-0.05, 0) is 89.9 Å². The van der Waals surface area contributed by atoms with Crippen LogP contribution in [0.5, 0.6) is 0 Å². The number of hydrogen-bond acceptors (Lipinski definition) is 5. The number of carbonyl (C=O) groups excluding carboxylic acids is 2. The van der Waals surface area contributed by atoms with Gasteiger partial charge in [0.15, 0.2) is 0 Å². The van der Waals surface area contributed by atoms with Gasteiger partial charge in [0.2, 0.25) is 5.91 Å². The van der Waals surface area contributed by atoms with E-state index in [2.05, 4.69) is 55.6 Å². The molecule has 0 aromatic rings. The van der Waals surface area contributed by atoms with Crippen molar-refractivity contribution in [3.8, 4) is 0 Å². The summed E-state index contributed by atoms with van der Waals surface area (Å²) in [7, 11) is 0. The van der Waals surface area contributed by atoms with E-state index in [0.717, 1.165) is 83.5 Å². The number of aliphatic hydroxyl groups excluding tert-OH is 2. The zero-order chi connectivity index (χ0) is 44.4. The van der Waals surface area contributed by atoms with Crippen molar-refractivity contribution in [2.75, 3.05) is 13.2 Å². The van der Waals surface area contributed by atoms with E-state index >= 15 is 0 Å². The van der Waals surface area contributed by atoms with Crippen molar-refractivity contribution in [2.24, 2.45) is 0 Å². The van der Waals surface area contributed by atoms with Gasteiger partial charge >= 0.3 is 5.97 Å². The third kappa shape index (κ3) is 47.4. The number of rotatable bonds is 49. The van der Waals surface area contributed by atoms with Gasteiger partial charge in [-0.25, -0.2) is 0 Å². The number of aliphatic hydroxyl groups is 2. The maximum atomic E-state index is 12.4. The van der Waals surface area contributed by atoms with Crippen molar-refractivity contribution in [2.45, 2.75) is 289 Å². The molecule has 3 N–H and O–H groups in total. The summed E-state index contributed by atoms with van der Waals surface area (Å²) < 4.78 is 5.45. The van der Waals surface area contributed by atoms with E-state index in [0.29, 0.717) is 25.9 Å². The van der Waals surface area contributed by atoms with Crippen molar-refractivity contribution in [3.63, 3.8) is 0 Å². The van der Waals surface area contributed by atoms with Gasteiger partial charge in [-0.1, -0.05) is 211 Å². The largest absolute Gasteiger partial charge is 0.466 e. The first-order valence-corrected chi connectivity index (χ1v) is 26.7. The van der Waals surface area contributed by atoms with E-state index in [1.807, 2.05) is 0 Å². The van der Waals surface area contributed by atoms with Gasteiger partial charge in [0, 0.05) is 12.8 Å². The Hall–Kier alpha value is -1.92. The summed E-state index contributed by atoms with van der Waals surface area (Å²) in [6.45, 7) is 4.89. The molecular formula is C55H103NO5. The minimum atomic E-state index is -0.674. The Bertz CT molecular complexity index is 993. The molecule has 0 aliphatic rings. The van der Waals surface area contributed by atoms with Crippen molar-refractivity contribution in [1.29, 1.82) is 0 Å². The molecule has 2 atom stereocenters. The predicted octanol–water partition coefficient (Wildman–Crippen LogP) is 16.1. The Morgan fingerprint density at radius 1 is 0.459 bits per heavy atom. The zero-order valence-corrected chi connectivity index (χ0v) is 40.6. The number of carbonyl (C=O) groups is 2. The number of nitrogens with one attached hydrogen (secondary N) is 1. The Morgan fingerprint density at radius 3 is 1.26 bits per heavy atom. The van der Waals surface area contributed by atoms with Crippen LogP contribution in [0.4, 0.5) is 0 Å². The van der Waals surface area contributed by atoms with Crippen molar-refractivity contribution in [3.05, 3.63) is 36.5 Å². The first-order chi connectivity index (χ1) is 30.0. The number of hydrogen-bond donors (Lipinski definition) is 3. The van der Waals surface area contributed by atoms with Crippen LogP contribution in [-0.4, -0.2) is 47.4 Å². The molecule has 0 heterocycles. The van der Waals surface area contributed by atoms with Gasteiger partial charge in [-0.15, -0.1) is 0 Å². The second-order valence-corrected chi connectivity index (χ2v) is 18.2. The van der Waals surface area contributed by atoms with E-state index in [1.54, 1.807) is 0 Å². The topological polar surface area (TPSA) is 95.9 Å². The number of ether oxygens (including phenoxy) is 1. The Morgan fingerprint density at radius 2 is 0.820 bits per heavy atom. The van der Waals surface area contributed by atoms with Gasteiger partial charge in [0.1, 0.15) is 0 Å². The molecule has 0 fully saturated rings. The minimum Gasteiger partial charge on any atom is -0.466 e. The smallest absolute Gasteiger partial charge is 0.305 e. The molecule has 0 spiro atoms. The van der Waals surface area contributed by atoms with Crippen LogP contribution in [0.2, 0.25) is 0 Å². The first kappa shape index (κ1) is 59.1. The summed E-state index contributed by atoms with van der Waals surface area (Å²) in [5.74, 6) is -0.0765. The molecule has 6 nitrogen and oxygen atoms in total. The minimum absolute atomic E-state index is 0.0234. The van der Waals surface area contributed by atoms with Crippen LogP contribution in [0.25, 0.3) is 0 Å². The second kappa shape index (κ2) is 50.7. The summed E-state index contributed by atoms with van der Waals surface area (Å²) in [6, 6.07) is -0.552. The Kier molecular flexibility index (Phi) is 49.1. The summed E-state index contributed by atoms with van der Waals surface area (Å²) in [5.41, 5.74) is 0. The van der Waals surface area contributed by atoms with Crippen LogP contribution >= 0.6 is 0 Å². The predicted molar refractivity (Wildman–Crippen MR) is 264 cm³/mol. The molecule has 0 aromatic carbocycles. The molecule has 0 saturated carbocycles. The van der Waals surface area contributed by atoms with Crippen LogP contribution in [-0.2, 0) is 14.3 Å². The van der Waals surface area contributed by atoms with Crippen molar-refractivity contribution in [1.82, 2.24) is 5.32 Å². The van der Waals surface area contributed by atoms with Gasteiger partial charge in [-0.2, -0.15) is 0 Å². The standard InChI is InChI=1S/C55H103NO5/c1-3-5-7-9-11-13-15-16-17-22-25-29-33-37-41-45-49-55(60)61-50-46-42-38-34-30-26-23-20-18-19-21-24-28-32-36-40-44-48-54(59)56-52(51-57)53(58)47-43-39-35-31-27-14-12-10-8-6-4-2/h17-18,20,22,26,30,52-53,57-58H,3-16,19,21,23-25,27-29,31-51H2,1-2H3,(H,56,59)/b20-18-,22-17-,30-26-. The van der Waals surface area contributed by atoms with Gasteiger partial charge < -0.3 is 20.3 Å². The number of esters is 1. The molecular weight excluding hydrogens is 755 g/mol. The van der Waals surface area contributed by atoms with Crippen molar-refractivity contribution >= 4 is 11.9 Å².